The van der Waals surface area contributed by atoms with Gasteiger partial charge < -0.3 is 15.3 Å². The lowest BCUT2D eigenvalue weighted by atomic mass is 9.91. The molecule has 2 unspecified atom stereocenters. The summed E-state index contributed by atoms with van der Waals surface area (Å²) >= 11 is 1.13. The predicted molar refractivity (Wildman–Crippen MR) is 41.0 cm³/mol. The number of carboxylic acid groups (broad SMARTS) is 2. The van der Waals surface area contributed by atoms with Crippen molar-refractivity contribution in [3.05, 3.63) is 0 Å². The van der Waals surface area contributed by atoms with E-state index in [1.165, 1.54) is 0 Å². The zero-order valence-corrected chi connectivity index (χ0v) is 6.87. The third kappa shape index (κ3) is 1.27. The monoisotopic (exact) mass is 192 g/mol. The molecule has 0 amide bonds. The SMILES string of the molecule is O=C(O)C1CSCC1(O)C(=O)O. The maximum atomic E-state index is 10.5. The summed E-state index contributed by atoms with van der Waals surface area (Å²) in [4.78, 5) is 21.0. The van der Waals surface area contributed by atoms with Crippen molar-refractivity contribution in [2.75, 3.05) is 11.5 Å². The highest BCUT2D eigenvalue weighted by molar-refractivity contribution is 7.99. The van der Waals surface area contributed by atoms with Crippen LogP contribution >= 0.6 is 11.8 Å². The van der Waals surface area contributed by atoms with Crippen molar-refractivity contribution < 1.29 is 24.9 Å². The molecule has 2 atom stereocenters. The minimum atomic E-state index is -2.09. The van der Waals surface area contributed by atoms with Gasteiger partial charge in [0.1, 0.15) is 5.92 Å². The molecule has 1 rings (SSSR count). The van der Waals surface area contributed by atoms with Gasteiger partial charge in [-0.15, -0.1) is 0 Å². The maximum Gasteiger partial charge on any atom is 0.337 e. The zero-order valence-electron chi connectivity index (χ0n) is 6.06. The van der Waals surface area contributed by atoms with Gasteiger partial charge in [0.15, 0.2) is 5.60 Å². The number of aliphatic carboxylic acids is 2. The first-order valence-electron chi connectivity index (χ1n) is 3.25. The molecule has 0 aromatic heterocycles. The Morgan fingerprint density at radius 1 is 1.42 bits per heavy atom. The van der Waals surface area contributed by atoms with Crippen LogP contribution in [0.3, 0.4) is 0 Å². The number of carbonyl (C=O) groups is 2. The van der Waals surface area contributed by atoms with E-state index in [2.05, 4.69) is 0 Å². The Hall–Kier alpha value is -0.750. The van der Waals surface area contributed by atoms with Crippen LogP contribution in [0.4, 0.5) is 0 Å². The third-order valence-electron chi connectivity index (χ3n) is 1.85. The lowest BCUT2D eigenvalue weighted by Crippen LogP contribution is -2.48. The Kier molecular flexibility index (Phi) is 2.29. The van der Waals surface area contributed by atoms with Gasteiger partial charge in [0.05, 0.1) is 0 Å². The van der Waals surface area contributed by atoms with E-state index in [0.29, 0.717) is 0 Å². The Labute approximate surface area is 72.4 Å². The molecule has 1 heterocycles. The smallest absolute Gasteiger partial charge is 0.337 e. The fourth-order valence-electron chi connectivity index (χ4n) is 1.06. The average molecular weight is 192 g/mol. The molecule has 0 bridgehead atoms. The van der Waals surface area contributed by atoms with Gasteiger partial charge in [-0.05, 0) is 0 Å². The van der Waals surface area contributed by atoms with Crippen molar-refractivity contribution in [3.63, 3.8) is 0 Å². The minimum Gasteiger partial charge on any atom is -0.481 e. The summed E-state index contributed by atoms with van der Waals surface area (Å²) in [6.07, 6.45) is 0. The molecular formula is C6H8O5S. The molecule has 0 saturated carbocycles. The van der Waals surface area contributed by atoms with E-state index in [1.54, 1.807) is 0 Å². The van der Waals surface area contributed by atoms with Crippen LogP contribution < -0.4 is 0 Å². The van der Waals surface area contributed by atoms with Gasteiger partial charge in [0.2, 0.25) is 0 Å². The van der Waals surface area contributed by atoms with E-state index in [0.717, 1.165) is 11.8 Å². The number of hydrogen-bond acceptors (Lipinski definition) is 4. The van der Waals surface area contributed by atoms with Crippen molar-refractivity contribution in [3.8, 4) is 0 Å². The second-order valence-electron chi connectivity index (χ2n) is 2.64. The molecule has 1 fully saturated rings. The molecule has 0 spiro atoms. The summed E-state index contributed by atoms with van der Waals surface area (Å²) in [7, 11) is 0. The first-order valence-corrected chi connectivity index (χ1v) is 4.40. The van der Waals surface area contributed by atoms with Gasteiger partial charge in [-0.3, -0.25) is 4.79 Å². The molecule has 0 radical (unpaired) electrons. The molecule has 1 aliphatic rings. The van der Waals surface area contributed by atoms with Gasteiger partial charge >= 0.3 is 11.9 Å². The number of thioether (sulfide) groups is 1. The van der Waals surface area contributed by atoms with Crippen LogP contribution in [0.5, 0.6) is 0 Å². The van der Waals surface area contributed by atoms with Crippen LogP contribution in [0.15, 0.2) is 0 Å². The summed E-state index contributed by atoms with van der Waals surface area (Å²) < 4.78 is 0. The van der Waals surface area contributed by atoms with E-state index in [4.69, 9.17) is 10.2 Å². The molecule has 1 aliphatic heterocycles. The Balaban J connectivity index is 2.89. The van der Waals surface area contributed by atoms with Crippen LogP contribution in [0.2, 0.25) is 0 Å². The molecule has 12 heavy (non-hydrogen) atoms. The summed E-state index contributed by atoms with van der Waals surface area (Å²) in [5.74, 6) is -3.82. The molecular weight excluding hydrogens is 184 g/mol. The number of hydrogen-bond donors (Lipinski definition) is 3. The van der Waals surface area contributed by atoms with Crippen molar-refractivity contribution in [1.29, 1.82) is 0 Å². The number of carboxylic acids is 2. The fourth-order valence-corrected chi connectivity index (χ4v) is 2.46. The van der Waals surface area contributed by atoms with Gasteiger partial charge in [-0.2, -0.15) is 11.8 Å². The Morgan fingerprint density at radius 3 is 2.33 bits per heavy atom. The fraction of sp³-hybridized carbons (Fsp3) is 0.667. The van der Waals surface area contributed by atoms with E-state index in [1.807, 2.05) is 0 Å². The highest BCUT2D eigenvalue weighted by Crippen LogP contribution is 2.34. The number of rotatable bonds is 2. The molecule has 0 aromatic carbocycles. The average Bonchev–Trinajstić information content (AvgIpc) is 2.32. The zero-order chi connectivity index (χ0) is 9.35. The molecule has 68 valence electrons. The minimum absolute atomic E-state index is 0.0562. The number of aliphatic hydroxyl groups is 1. The first kappa shape index (κ1) is 9.34. The molecule has 1 saturated heterocycles. The quantitative estimate of drug-likeness (QED) is 0.533. The third-order valence-corrected chi connectivity index (χ3v) is 3.06. The van der Waals surface area contributed by atoms with Crippen LogP contribution in [0.1, 0.15) is 0 Å². The lowest BCUT2D eigenvalue weighted by Gasteiger charge is -2.20. The molecule has 0 aliphatic carbocycles. The van der Waals surface area contributed by atoms with Gasteiger partial charge in [0.25, 0.3) is 0 Å². The summed E-state index contributed by atoms with van der Waals surface area (Å²) in [5, 5.41) is 26.5. The second kappa shape index (κ2) is 2.95. The summed E-state index contributed by atoms with van der Waals surface area (Å²) in [6, 6.07) is 0. The van der Waals surface area contributed by atoms with Gasteiger partial charge in [-0.1, -0.05) is 0 Å². The highest BCUT2D eigenvalue weighted by Gasteiger charge is 2.52. The maximum absolute atomic E-state index is 10.5. The largest absolute Gasteiger partial charge is 0.481 e. The van der Waals surface area contributed by atoms with Crippen molar-refractivity contribution in [2.45, 2.75) is 5.60 Å². The van der Waals surface area contributed by atoms with Crippen molar-refractivity contribution >= 4 is 23.7 Å². The second-order valence-corrected chi connectivity index (χ2v) is 3.67. The van der Waals surface area contributed by atoms with Crippen LogP contribution in [0.25, 0.3) is 0 Å². The van der Waals surface area contributed by atoms with Crippen molar-refractivity contribution in [2.24, 2.45) is 5.92 Å². The van der Waals surface area contributed by atoms with Crippen molar-refractivity contribution in [1.82, 2.24) is 0 Å². The van der Waals surface area contributed by atoms with E-state index in [-0.39, 0.29) is 11.5 Å². The topological polar surface area (TPSA) is 94.8 Å². The lowest BCUT2D eigenvalue weighted by molar-refractivity contribution is -0.168. The molecule has 0 aromatic rings. The normalized spacial score (nSPS) is 34.9. The summed E-state index contributed by atoms with van der Waals surface area (Å²) in [6.45, 7) is 0. The molecule has 5 nitrogen and oxygen atoms in total. The highest BCUT2D eigenvalue weighted by atomic mass is 32.2. The van der Waals surface area contributed by atoms with Gasteiger partial charge in [0, 0.05) is 11.5 Å². The predicted octanol–water partition coefficient (Wildman–Crippen LogP) is -0.750. The first-order chi connectivity index (χ1) is 5.48. The van der Waals surface area contributed by atoms with Crippen LogP contribution in [0, 0.1) is 5.92 Å². The molecule has 3 N–H and O–H groups in total. The van der Waals surface area contributed by atoms with Crippen LogP contribution in [-0.4, -0.2) is 44.4 Å². The van der Waals surface area contributed by atoms with Gasteiger partial charge in [-0.25, -0.2) is 4.79 Å². The van der Waals surface area contributed by atoms with Crippen LogP contribution in [-0.2, 0) is 9.59 Å². The van der Waals surface area contributed by atoms with E-state index >= 15 is 0 Å². The molecule has 6 heteroatoms. The summed E-state index contributed by atoms with van der Waals surface area (Å²) in [5.41, 5.74) is -2.09. The Morgan fingerprint density at radius 2 is 2.00 bits per heavy atom. The van der Waals surface area contributed by atoms with E-state index in [9.17, 15) is 14.7 Å². The standard InChI is InChI=1S/C6H8O5S/c7-4(8)3-1-12-2-6(3,11)5(9)10/h3,11H,1-2H2,(H,7,8)(H,9,10). The Bertz CT molecular complexity index is 228. The van der Waals surface area contributed by atoms with E-state index < -0.39 is 23.5 Å².